The summed E-state index contributed by atoms with van der Waals surface area (Å²) < 4.78 is 0. The Balaban J connectivity index is 2.21. The largest absolute Gasteiger partial charge is 0.478 e. The van der Waals surface area contributed by atoms with Crippen LogP contribution in [0.2, 0.25) is 0 Å². The number of carboxylic acid groups (broad SMARTS) is 1. The number of fused-ring (bicyclic) bond motifs is 1. The van der Waals surface area contributed by atoms with Crippen molar-refractivity contribution in [2.24, 2.45) is 17.3 Å². The van der Waals surface area contributed by atoms with Crippen LogP contribution < -0.4 is 0 Å². The Bertz CT molecular complexity index is 380. The molecule has 0 aliphatic heterocycles. The Morgan fingerprint density at radius 1 is 1.53 bits per heavy atom. The lowest BCUT2D eigenvalue weighted by Crippen LogP contribution is -2.37. The molecule has 2 rings (SSSR count). The molecule has 2 nitrogen and oxygen atoms in total. The summed E-state index contributed by atoms with van der Waals surface area (Å²) in [5.41, 5.74) is 2.17. The average molecular weight is 234 g/mol. The van der Waals surface area contributed by atoms with Gasteiger partial charge in [0, 0.05) is 5.57 Å². The van der Waals surface area contributed by atoms with Crippen molar-refractivity contribution in [3.63, 3.8) is 0 Å². The van der Waals surface area contributed by atoms with Gasteiger partial charge in [0.05, 0.1) is 0 Å². The molecule has 0 bridgehead atoms. The Morgan fingerprint density at radius 3 is 2.88 bits per heavy atom. The molecule has 0 unspecified atom stereocenters. The third kappa shape index (κ3) is 2.05. The fraction of sp³-hybridized carbons (Fsp3) is 0.667. The van der Waals surface area contributed by atoms with Gasteiger partial charge in [-0.15, -0.1) is 0 Å². The van der Waals surface area contributed by atoms with E-state index in [1.165, 1.54) is 12.8 Å². The van der Waals surface area contributed by atoms with Crippen molar-refractivity contribution >= 4 is 5.97 Å². The normalized spacial score (nSPS) is 36.9. The number of hydrogen-bond donors (Lipinski definition) is 1. The van der Waals surface area contributed by atoms with Crippen molar-refractivity contribution in [1.29, 1.82) is 0 Å². The van der Waals surface area contributed by atoms with Gasteiger partial charge >= 0.3 is 5.97 Å². The second-order valence-electron chi connectivity index (χ2n) is 5.90. The SMILES string of the molecule is C=C(C(=O)O)[C@H]1CCC2=CCC[C@H](C)[C@@]2(C)C1. The van der Waals surface area contributed by atoms with E-state index in [0.29, 0.717) is 11.5 Å². The number of rotatable bonds is 2. The lowest BCUT2D eigenvalue weighted by atomic mass is 9.57. The number of aliphatic carboxylic acids is 1. The molecule has 1 fully saturated rings. The standard InChI is InChI=1S/C15H22O2/c1-10-5-4-6-13-8-7-12(9-15(10,13)3)11(2)14(16)17/h6,10,12H,2,4-5,7-9H2,1,3H3,(H,16,17)/t10-,12-,15+/m0/s1. The summed E-state index contributed by atoms with van der Waals surface area (Å²) in [5.74, 6) is -0.00316. The summed E-state index contributed by atoms with van der Waals surface area (Å²) in [6.45, 7) is 8.37. The van der Waals surface area contributed by atoms with Crippen molar-refractivity contribution < 1.29 is 9.90 Å². The molecule has 1 N–H and O–H groups in total. The highest BCUT2D eigenvalue weighted by Crippen LogP contribution is 2.53. The summed E-state index contributed by atoms with van der Waals surface area (Å²) in [5, 5.41) is 9.07. The predicted octanol–water partition coefficient (Wildman–Crippen LogP) is 3.79. The van der Waals surface area contributed by atoms with Crippen LogP contribution in [0.3, 0.4) is 0 Å². The van der Waals surface area contributed by atoms with Gasteiger partial charge in [-0.1, -0.05) is 32.1 Å². The zero-order valence-corrected chi connectivity index (χ0v) is 10.8. The average Bonchev–Trinajstić information content (AvgIpc) is 2.29. The number of carboxylic acids is 1. The Kier molecular flexibility index (Phi) is 3.15. The number of carbonyl (C=O) groups is 1. The van der Waals surface area contributed by atoms with E-state index in [-0.39, 0.29) is 11.3 Å². The minimum Gasteiger partial charge on any atom is -0.478 e. The summed E-state index contributed by atoms with van der Waals surface area (Å²) in [7, 11) is 0. The van der Waals surface area contributed by atoms with E-state index in [4.69, 9.17) is 5.11 Å². The fourth-order valence-electron chi connectivity index (χ4n) is 3.51. The molecule has 17 heavy (non-hydrogen) atoms. The smallest absolute Gasteiger partial charge is 0.331 e. The zero-order chi connectivity index (χ0) is 12.6. The fourth-order valence-corrected chi connectivity index (χ4v) is 3.51. The topological polar surface area (TPSA) is 37.3 Å². The van der Waals surface area contributed by atoms with E-state index in [0.717, 1.165) is 19.3 Å². The molecule has 94 valence electrons. The van der Waals surface area contributed by atoms with Gasteiger partial charge in [0.1, 0.15) is 0 Å². The molecule has 0 aromatic carbocycles. The van der Waals surface area contributed by atoms with Gasteiger partial charge in [0.25, 0.3) is 0 Å². The lowest BCUT2D eigenvalue weighted by Gasteiger charge is -2.47. The maximum absolute atomic E-state index is 11.0. The number of allylic oxidation sites excluding steroid dienone is 2. The second kappa shape index (κ2) is 4.32. The first-order chi connectivity index (χ1) is 7.95. The number of hydrogen-bond acceptors (Lipinski definition) is 1. The van der Waals surface area contributed by atoms with Crippen LogP contribution in [0.4, 0.5) is 0 Å². The zero-order valence-electron chi connectivity index (χ0n) is 10.8. The van der Waals surface area contributed by atoms with Gasteiger partial charge in [-0.25, -0.2) is 4.79 Å². The van der Waals surface area contributed by atoms with E-state index in [9.17, 15) is 4.79 Å². The minimum absolute atomic E-state index is 0.162. The third-order valence-electron chi connectivity index (χ3n) is 5.01. The molecule has 2 aliphatic carbocycles. The van der Waals surface area contributed by atoms with Gasteiger partial charge < -0.3 is 5.11 Å². The molecule has 0 saturated heterocycles. The van der Waals surface area contributed by atoms with Crippen LogP contribution in [0.5, 0.6) is 0 Å². The predicted molar refractivity (Wildman–Crippen MR) is 68.7 cm³/mol. The molecule has 2 heteroatoms. The molecule has 0 aromatic heterocycles. The first kappa shape index (κ1) is 12.4. The van der Waals surface area contributed by atoms with Gasteiger partial charge in [-0.05, 0) is 49.4 Å². The molecule has 0 radical (unpaired) electrons. The lowest BCUT2D eigenvalue weighted by molar-refractivity contribution is -0.133. The van der Waals surface area contributed by atoms with Gasteiger partial charge in [0.2, 0.25) is 0 Å². The summed E-state index contributed by atoms with van der Waals surface area (Å²) >= 11 is 0. The summed E-state index contributed by atoms with van der Waals surface area (Å²) in [6.07, 6.45) is 7.78. The van der Waals surface area contributed by atoms with Crippen molar-refractivity contribution in [2.45, 2.75) is 46.0 Å². The molecular formula is C15H22O2. The monoisotopic (exact) mass is 234 g/mol. The maximum Gasteiger partial charge on any atom is 0.331 e. The van der Waals surface area contributed by atoms with Crippen LogP contribution in [-0.2, 0) is 4.79 Å². The van der Waals surface area contributed by atoms with Crippen LogP contribution in [0, 0.1) is 17.3 Å². The quantitative estimate of drug-likeness (QED) is 0.583. The van der Waals surface area contributed by atoms with E-state index >= 15 is 0 Å². The highest BCUT2D eigenvalue weighted by atomic mass is 16.4. The molecule has 2 aliphatic rings. The molecule has 0 spiro atoms. The molecule has 0 amide bonds. The van der Waals surface area contributed by atoms with Crippen molar-refractivity contribution in [1.82, 2.24) is 0 Å². The molecule has 1 saturated carbocycles. The first-order valence-corrected chi connectivity index (χ1v) is 6.56. The second-order valence-corrected chi connectivity index (χ2v) is 5.90. The Labute approximate surface area is 103 Å². The van der Waals surface area contributed by atoms with Crippen LogP contribution in [0.15, 0.2) is 23.8 Å². The minimum atomic E-state index is -0.825. The van der Waals surface area contributed by atoms with E-state index in [1.807, 2.05) is 0 Å². The van der Waals surface area contributed by atoms with Gasteiger partial charge in [0.15, 0.2) is 0 Å². The van der Waals surface area contributed by atoms with Crippen LogP contribution in [0.1, 0.15) is 46.0 Å². The Hall–Kier alpha value is -1.05. The third-order valence-corrected chi connectivity index (χ3v) is 5.01. The Morgan fingerprint density at radius 2 is 2.24 bits per heavy atom. The van der Waals surface area contributed by atoms with Crippen LogP contribution in [-0.4, -0.2) is 11.1 Å². The highest BCUT2D eigenvalue weighted by molar-refractivity contribution is 5.86. The van der Waals surface area contributed by atoms with E-state index in [1.54, 1.807) is 5.57 Å². The summed E-state index contributed by atoms with van der Waals surface area (Å²) in [6, 6.07) is 0. The first-order valence-electron chi connectivity index (χ1n) is 6.56. The molecular weight excluding hydrogens is 212 g/mol. The van der Waals surface area contributed by atoms with Crippen LogP contribution >= 0.6 is 0 Å². The molecule has 3 atom stereocenters. The van der Waals surface area contributed by atoms with Crippen molar-refractivity contribution in [3.8, 4) is 0 Å². The summed E-state index contributed by atoms with van der Waals surface area (Å²) in [4.78, 5) is 11.0. The maximum atomic E-state index is 11.0. The van der Waals surface area contributed by atoms with Crippen LogP contribution in [0.25, 0.3) is 0 Å². The van der Waals surface area contributed by atoms with E-state index < -0.39 is 5.97 Å². The van der Waals surface area contributed by atoms with Crippen molar-refractivity contribution in [2.75, 3.05) is 0 Å². The highest BCUT2D eigenvalue weighted by Gasteiger charge is 2.42. The molecule has 0 aromatic rings. The molecule has 0 heterocycles. The van der Waals surface area contributed by atoms with Gasteiger partial charge in [-0.3, -0.25) is 0 Å². The van der Waals surface area contributed by atoms with Crippen molar-refractivity contribution in [3.05, 3.63) is 23.8 Å². The van der Waals surface area contributed by atoms with Gasteiger partial charge in [-0.2, -0.15) is 0 Å². The van der Waals surface area contributed by atoms with E-state index in [2.05, 4.69) is 26.5 Å².